The van der Waals surface area contributed by atoms with E-state index >= 15 is 0 Å². The van der Waals surface area contributed by atoms with Gasteiger partial charge in [0.1, 0.15) is 10.1 Å². The summed E-state index contributed by atoms with van der Waals surface area (Å²) in [4.78, 5) is 15.0. The third-order valence-electron chi connectivity index (χ3n) is 3.07. The number of thiazole rings is 1. The van der Waals surface area contributed by atoms with Gasteiger partial charge in [-0.05, 0) is 6.07 Å². The third kappa shape index (κ3) is 2.96. The molecule has 0 radical (unpaired) electrons. The van der Waals surface area contributed by atoms with Gasteiger partial charge in [0.25, 0.3) is 0 Å². The quantitative estimate of drug-likeness (QED) is 0.860. The number of carboxylic acids is 1. The fourth-order valence-electron chi connectivity index (χ4n) is 2.13. The normalized spacial score (nSPS) is 16.7. The lowest BCUT2D eigenvalue weighted by molar-refractivity contribution is -0.136. The minimum absolute atomic E-state index is 0.00751. The van der Waals surface area contributed by atoms with Gasteiger partial charge in [-0.2, -0.15) is 0 Å². The van der Waals surface area contributed by atoms with Gasteiger partial charge in [0.15, 0.2) is 0 Å². The van der Waals surface area contributed by atoms with Gasteiger partial charge in [-0.15, -0.1) is 11.3 Å². The van der Waals surface area contributed by atoms with Crippen LogP contribution in [0.4, 0.5) is 0 Å². The molecule has 0 bridgehead atoms. The summed E-state index contributed by atoms with van der Waals surface area (Å²) in [5, 5.41) is 10.5. The van der Waals surface area contributed by atoms with Crippen LogP contribution in [-0.2, 0) is 11.2 Å². The maximum atomic E-state index is 10.6. The average Bonchev–Trinajstić information content (AvgIpc) is 3.02. The first-order chi connectivity index (χ1) is 9.72. The van der Waals surface area contributed by atoms with Gasteiger partial charge in [-0.1, -0.05) is 30.0 Å². The Kier molecular flexibility index (Phi) is 3.93. The van der Waals surface area contributed by atoms with Crippen LogP contribution in [0.1, 0.15) is 17.2 Å². The van der Waals surface area contributed by atoms with E-state index in [1.54, 1.807) is 11.8 Å². The van der Waals surface area contributed by atoms with Crippen LogP contribution in [0, 0.1) is 0 Å². The topological polar surface area (TPSA) is 59.4 Å². The molecule has 1 atom stereocenters. The highest BCUT2D eigenvalue weighted by Gasteiger charge is 2.23. The number of benzene rings is 1. The number of hydrogen-bond donors (Lipinski definition) is 1. The van der Waals surface area contributed by atoms with Gasteiger partial charge in [0.2, 0.25) is 0 Å². The summed E-state index contributed by atoms with van der Waals surface area (Å²) in [6, 6.07) is 8.10. The Morgan fingerprint density at radius 2 is 2.35 bits per heavy atom. The van der Waals surface area contributed by atoms with Crippen molar-refractivity contribution in [2.24, 2.45) is 0 Å². The predicted molar refractivity (Wildman–Crippen MR) is 78.9 cm³/mol. The Hall–Kier alpha value is -1.53. The van der Waals surface area contributed by atoms with Crippen molar-refractivity contribution in [2.45, 2.75) is 16.7 Å². The van der Waals surface area contributed by atoms with E-state index in [1.165, 1.54) is 16.9 Å². The zero-order valence-electron chi connectivity index (χ0n) is 10.6. The Balaban J connectivity index is 1.60. The maximum Gasteiger partial charge on any atom is 0.309 e. The molecule has 0 saturated heterocycles. The SMILES string of the molecule is O=C(O)Cc1csc(SCC2COc3ccccc32)n1. The van der Waals surface area contributed by atoms with Crippen LogP contribution < -0.4 is 4.74 Å². The highest BCUT2D eigenvalue weighted by atomic mass is 32.2. The van der Waals surface area contributed by atoms with Crippen molar-refractivity contribution < 1.29 is 14.6 Å². The summed E-state index contributed by atoms with van der Waals surface area (Å²) in [6.45, 7) is 0.708. The highest BCUT2D eigenvalue weighted by molar-refractivity contribution is 8.01. The van der Waals surface area contributed by atoms with Gasteiger partial charge in [-0.3, -0.25) is 4.79 Å². The largest absolute Gasteiger partial charge is 0.493 e. The number of nitrogens with zero attached hydrogens (tertiary/aromatic N) is 1. The molecule has 0 saturated carbocycles. The molecule has 0 spiro atoms. The molecule has 1 aromatic carbocycles. The first-order valence-corrected chi connectivity index (χ1v) is 8.09. The number of carbonyl (C=O) groups is 1. The Bertz CT molecular complexity index is 626. The standard InChI is InChI=1S/C14H13NO3S2/c16-13(17)5-10-8-20-14(15-10)19-7-9-6-18-12-4-2-1-3-11(9)12/h1-4,8-9H,5-7H2,(H,16,17). The lowest BCUT2D eigenvalue weighted by Gasteiger charge is -2.06. The molecule has 0 fully saturated rings. The van der Waals surface area contributed by atoms with Gasteiger partial charge in [0, 0.05) is 22.6 Å². The maximum absolute atomic E-state index is 10.6. The van der Waals surface area contributed by atoms with E-state index < -0.39 is 5.97 Å². The number of aromatic nitrogens is 1. The molecule has 1 aliphatic heterocycles. The third-order valence-corrected chi connectivity index (χ3v) is 5.30. The second-order valence-electron chi connectivity index (χ2n) is 4.53. The van der Waals surface area contributed by atoms with E-state index in [-0.39, 0.29) is 6.42 Å². The summed E-state index contributed by atoms with van der Waals surface area (Å²) in [5.41, 5.74) is 1.88. The molecular weight excluding hydrogens is 294 g/mol. The summed E-state index contributed by atoms with van der Waals surface area (Å²) >= 11 is 3.17. The van der Waals surface area contributed by atoms with E-state index in [4.69, 9.17) is 9.84 Å². The molecule has 0 aliphatic carbocycles. The molecule has 4 nitrogen and oxygen atoms in total. The minimum atomic E-state index is -0.843. The molecule has 1 N–H and O–H groups in total. The number of para-hydroxylation sites is 1. The fraction of sp³-hybridized carbons (Fsp3) is 0.286. The Morgan fingerprint density at radius 3 is 3.20 bits per heavy atom. The van der Waals surface area contributed by atoms with Gasteiger partial charge in [-0.25, -0.2) is 4.98 Å². The van der Waals surface area contributed by atoms with E-state index in [0.29, 0.717) is 18.2 Å². The number of fused-ring (bicyclic) bond motifs is 1. The van der Waals surface area contributed by atoms with Crippen LogP contribution in [0.3, 0.4) is 0 Å². The van der Waals surface area contributed by atoms with Gasteiger partial charge >= 0.3 is 5.97 Å². The molecule has 104 valence electrons. The Morgan fingerprint density at radius 1 is 1.50 bits per heavy atom. The first kappa shape index (κ1) is 13.5. The Labute approximate surface area is 124 Å². The van der Waals surface area contributed by atoms with Crippen LogP contribution in [0.15, 0.2) is 34.0 Å². The van der Waals surface area contributed by atoms with Crippen molar-refractivity contribution in [1.82, 2.24) is 4.98 Å². The number of carboxylic acid groups (broad SMARTS) is 1. The van der Waals surface area contributed by atoms with E-state index in [0.717, 1.165) is 15.8 Å². The fourth-order valence-corrected chi connectivity index (χ4v) is 4.09. The molecule has 2 aromatic rings. The van der Waals surface area contributed by atoms with Crippen molar-refractivity contribution in [3.05, 3.63) is 40.9 Å². The summed E-state index contributed by atoms with van der Waals surface area (Å²) < 4.78 is 6.57. The molecule has 3 rings (SSSR count). The van der Waals surface area contributed by atoms with Crippen molar-refractivity contribution in [3.8, 4) is 5.75 Å². The van der Waals surface area contributed by atoms with E-state index in [1.807, 2.05) is 23.6 Å². The van der Waals surface area contributed by atoms with Crippen molar-refractivity contribution in [2.75, 3.05) is 12.4 Å². The smallest absolute Gasteiger partial charge is 0.309 e. The molecule has 1 aliphatic rings. The second-order valence-corrected chi connectivity index (χ2v) is 6.66. The zero-order valence-corrected chi connectivity index (χ0v) is 12.2. The lowest BCUT2D eigenvalue weighted by atomic mass is 10.0. The molecule has 0 amide bonds. The minimum Gasteiger partial charge on any atom is -0.493 e. The molecule has 20 heavy (non-hydrogen) atoms. The molecule has 1 aromatic heterocycles. The number of thioether (sulfide) groups is 1. The molecule has 1 unspecified atom stereocenters. The summed E-state index contributed by atoms with van der Waals surface area (Å²) in [6.07, 6.45) is -0.00751. The predicted octanol–water partition coefficient (Wildman–Crippen LogP) is 3.04. The van der Waals surface area contributed by atoms with E-state index in [2.05, 4.69) is 11.1 Å². The summed E-state index contributed by atoms with van der Waals surface area (Å²) in [7, 11) is 0. The van der Waals surface area contributed by atoms with Crippen LogP contribution >= 0.6 is 23.1 Å². The molecule has 6 heteroatoms. The van der Waals surface area contributed by atoms with Crippen LogP contribution in [0.2, 0.25) is 0 Å². The second kappa shape index (κ2) is 5.85. The number of aliphatic carboxylic acids is 1. The highest BCUT2D eigenvalue weighted by Crippen LogP contribution is 2.37. The lowest BCUT2D eigenvalue weighted by Crippen LogP contribution is -2.03. The van der Waals surface area contributed by atoms with Crippen LogP contribution in [-0.4, -0.2) is 28.4 Å². The summed E-state index contributed by atoms with van der Waals surface area (Å²) in [5.74, 6) is 1.41. The zero-order chi connectivity index (χ0) is 13.9. The number of rotatable bonds is 5. The number of hydrogen-bond acceptors (Lipinski definition) is 5. The van der Waals surface area contributed by atoms with Crippen molar-refractivity contribution in [3.63, 3.8) is 0 Å². The monoisotopic (exact) mass is 307 g/mol. The molecular formula is C14H13NO3S2. The van der Waals surface area contributed by atoms with Gasteiger partial charge in [0.05, 0.1) is 18.7 Å². The molecule has 2 heterocycles. The van der Waals surface area contributed by atoms with Crippen LogP contribution in [0.5, 0.6) is 5.75 Å². The number of ether oxygens (including phenoxy) is 1. The van der Waals surface area contributed by atoms with Gasteiger partial charge < -0.3 is 9.84 Å². The van der Waals surface area contributed by atoms with Crippen molar-refractivity contribution >= 4 is 29.1 Å². The van der Waals surface area contributed by atoms with E-state index in [9.17, 15) is 4.79 Å². The van der Waals surface area contributed by atoms with Crippen molar-refractivity contribution in [1.29, 1.82) is 0 Å². The first-order valence-electron chi connectivity index (χ1n) is 6.23. The average molecular weight is 307 g/mol. The van der Waals surface area contributed by atoms with Crippen LogP contribution in [0.25, 0.3) is 0 Å².